The summed E-state index contributed by atoms with van der Waals surface area (Å²) in [4.78, 5) is 0.192. The van der Waals surface area contributed by atoms with Crippen molar-refractivity contribution >= 4 is 19.9 Å². The monoisotopic (exact) mass is 408 g/mol. The Morgan fingerprint density at radius 3 is 2.33 bits per heavy atom. The van der Waals surface area contributed by atoms with Crippen LogP contribution in [0.5, 0.6) is 0 Å². The molecule has 3 rings (SSSR count). The third-order valence-electron chi connectivity index (χ3n) is 5.02. The highest BCUT2D eigenvalue weighted by molar-refractivity contribution is 7.92. The third-order valence-corrected chi connectivity index (χ3v) is 8.39. The van der Waals surface area contributed by atoms with Gasteiger partial charge in [-0.1, -0.05) is 42.5 Å². The van der Waals surface area contributed by atoms with Crippen molar-refractivity contribution in [3.05, 3.63) is 65.7 Å². The third kappa shape index (κ3) is 4.40. The summed E-state index contributed by atoms with van der Waals surface area (Å²) in [5.41, 5.74) is 7.31. The molecule has 0 radical (unpaired) electrons. The summed E-state index contributed by atoms with van der Waals surface area (Å²) in [5, 5.41) is -0.806. The summed E-state index contributed by atoms with van der Waals surface area (Å²) in [6.07, 6.45) is 1.50. The molecule has 2 atom stereocenters. The van der Waals surface area contributed by atoms with Gasteiger partial charge < -0.3 is 5.73 Å². The Morgan fingerprint density at radius 2 is 1.70 bits per heavy atom. The van der Waals surface area contributed by atoms with Gasteiger partial charge in [0.2, 0.25) is 10.0 Å². The number of benzene rings is 2. The second-order valence-electron chi connectivity index (χ2n) is 6.94. The molecule has 8 heteroatoms. The lowest BCUT2D eigenvalue weighted by molar-refractivity contribution is 0.317. The number of nitrogens with zero attached hydrogens (tertiary/aromatic N) is 1. The lowest BCUT2D eigenvalue weighted by Gasteiger charge is -2.36. The maximum absolute atomic E-state index is 13.2. The summed E-state index contributed by atoms with van der Waals surface area (Å²) < 4.78 is 52.1. The molecule has 2 aromatic rings. The van der Waals surface area contributed by atoms with Gasteiger partial charge in [0.25, 0.3) is 0 Å². The van der Waals surface area contributed by atoms with Crippen molar-refractivity contribution in [2.24, 2.45) is 5.73 Å². The molecule has 0 amide bonds. The van der Waals surface area contributed by atoms with Crippen molar-refractivity contribution in [3.63, 3.8) is 0 Å². The summed E-state index contributed by atoms with van der Waals surface area (Å²) in [7, 11) is -7.20. The summed E-state index contributed by atoms with van der Waals surface area (Å²) in [5.74, 6) is -0.174. The fourth-order valence-electron chi connectivity index (χ4n) is 3.52. The molecular weight excluding hydrogens is 384 g/mol. The van der Waals surface area contributed by atoms with E-state index in [4.69, 9.17) is 5.73 Å². The maximum atomic E-state index is 13.2. The molecule has 1 aliphatic heterocycles. The molecule has 0 bridgehead atoms. The van der Waals surface area contributed by atoms with Gasteiger partial charge in [-0.3, -0.25) is 0 Å². The largest absolute Gasteiger partial charge is 0.326 e. The normalized spacial score (nSPS) is 21.9. The van der Waals surface area contributed by atoms with E-state index in [1.165, 1.54) is 4.31 Å². The van der Waals surface area contributed by atoms with E-state index in [2.05, 4.69) is 0 Å². The van der Waals surface area contributed by atoms with Crippen LogP contribution >= 0.6 is 0 Å². The number of hydrogen-bond acceptors (Lipinski definition) is 5. The molecule has 6 nitrogen and oxygen atoms in total. The van der Waals surface area contributed by atoms with Gasteiger partial charge in [0.05, 0.1) is 16.4 Å². The van der Waals surface area contributed by atoms with Gasteiger partial charge in [0, 0.05) is 19.6 Å². The number of piperidine rings is 1. The molecule has 2 N–H and O–H groups in total. The van der Waals surface area contributed by atoms with Crippen LogP contribution in [0.1, 0.15) is 23.5 Å². The summed E-state index contributed by atoms with van der Waals surface area (Å²) >= 11 is 0. The Kier molecular flexibility index (Phi) is 5.71. The van der Waals surface area contributed by atoms with E-state index in [0.717, 1.165) is 17.4 Å². The van der Waals surface area contributed by atoms with E-state index in [0.29, 0.717) is 6.42 Å². The van der Waals surface area contributed by atoms with Crippen molar-refractivity contribution in [1.82, 2.24) is 4.31 Å². The first-order valence-corrected chi connectivity index (χ1v) is 12.1. The van der Waals surface area contributed by atoms with E-state index < -0.39 is 25.1 Å². The van der Waals surface area contributed by atoms with E-state index >= 15 is 0 Å². The van der Waals surface area contributed by atoms with Crippen LogP contribution in [-0.4, -0.2) is 45.7 Å². The predicted molar refractivity (Wildman–Crippen MR) is 106 cm³/mol. The summed E-state index contributed by atoms with van der Waals surface area (Å²) in [6.45, 7) is 0.505. The molecule has 27 heavy (non-hydrogen) atoms. The first kappa shape index (κ1) is 20.0. The van der Waals surface area contributed by atoms with E-state index in [1.807, 2.05) is 30.3 Å². The maximum Gasteiger partial charge on any atom is 0.211 e. The van der Waals surface area contributed by atoms with Gasteiger partial charge >= 0.3 is 0 Å². The Bertz CT molecular complexity index is 1010. The number of sulfone groups is 1. The van der Waals surface area contributed by atoms with Gasteiger partial charge in [-0.15, -0.1) is 0 Å². The second-order valence-corrected chi connectivity index (χ2v) is 11.2. The first-order chi connectivity index (χ1) is 12.7. The van der Waals surface area contributed by atoms with Crippen molar-refractivity contribution in [3.8, 4) is 0 Å². The van der Waals surface area contributed by atoms with Crippen molar-refractivity contribution in [2.45, 2.75) is 29.0 Å². The fourth-order valence-corrected chi connectivity index (χ4v) is 6.34. The van der Waals surface area contributed by atoms with E-state index in [-0.39, 0.29) is 30.4 Å². The smallest absolute Gasteiger partial charge is 0.211 e. The highest BCUT2D eigenvalue weighted by Gasteiger charge is 2.39. The molecule has 1 fully saturated rings. The molecule has 0 aromatic heterocycles. The van der Waals surface area contributed by atoms with Crippen LogP contribution in [0.3, 0.4) is 0 Å². The lowest BCUT2D eigenvalue weighted by atomic mass is 9.91. The van der Waals surface area contributed by atoms with Crippen molar-refractivity contribution in [2.75, 3.05) is 19.3 Å². The van der Waals surface area contributed by atoms with E-state index in [1.54, 1.807) is 24.3 Å². The fraction of sp³-hybridized carbons (Fsp3) is 0.368. The van der Waals surface area contributed by atoms with Gasteiger partial charge in [0.1, 0.15) is 0 Å². The van der Waals surface area contributed by atoms with Crippen LogP contribution < -0.4 is 5.73 Å². The molecule has 1 saturated heterocycles. The van der Waals surface area contributed by atoms with Gasteiger partial charge in [-0.2, -0.15) is 0 Å². The van der Waals surface area contributed by atoms with Crippen LogP contribution in [0, 0.1) is 0 Å². The number of sulfonamides is 1. The zero-order valence-electron chi connectivity index (χ0n) is 15.2. The molecule has 0 saturated carbocycles. The molecule has 2 unspecified atom stereocenters. The Labute approximate surface area is 161 Å². The Morgan fingerprint density at radius 1 is 1.00 bits per heavy atom. The van der Waals surface area contributed by atoms with Crippen molar-refractivity contribution < 1.29 is 16.8 Å². The Balaban J connectivity index is 1.99. The molecular formula is C19H24N2O4S2. The van der Waals surface area contributed by atoms with E-state index in [9.17, 15) is 16.8 Å². The number of nitrogens with two attached hydrogens (primary N) is 1. The number of rotatable bonds is 5. The molecule has 2 aromatic carbocycles. The summed E-state index contributed by atoms with van der Waals surface area (Å²) in [6, 6.07) is 16.0. The lowest BCUT2D eigenvalue weighted by Crippen LogP contribution is -2.47. The van der Waals surface area contributed by atoms with Gasteiger partial charge in [0.15, 0.2) is 9.84 Å². The second kappa shape index (κ2) is 7.71. The van der Waals surface area contributed by atoms with Gasteiger partial charge in [-0.25, -0.2) is 21.1 Å². The van der Waals surface area contributed by atoms with Crippen molar-refractivity contribution in [1.29, 1.82) is 0 Å². The predicted octanol–water partition coefficient (Wildman–Crippen LogP) is 1.74. The van der Waals surface area contributed by atoms with Crippen LogP contribution in [0.15, 0.2) is 59.5 Å². The van der Waals surface area contributed by atoms with Crippen LogP contribution in [0.4, 0.5) is 0 Å². The molecule has 1 heterocycles. The topological polar surface area (TPSA) is 97.5 Å². The zero-order chi connectivity index (χ0) is 19.7. The molecule has 1 aliphatic rings. The minimum absolute atomic E-state index is 0.0304. The molecule has 146 valence electrons. The zero-order valence-corrected chi connectivity index (χ0v) is 16.8. The van der Waals surface area contributed by atoms with Crippen LogP contribution in [-0.2, 0) is 26.4 Å². The highest BCUT2D eigenvalue weighted by atomic mass is 32.2. The SMILES string of the molecule is CS(=O)(=O)N1CC(c2ccccc2)CC(S(=O)(=O)c2cccc(CN)c2)C1. The van der Waals surface area contributed by atoms with Gasteiger partial charge in [-0.05, 0) is 35.6 Å². The minimum Gasteiger partial charge on any atom is -0.326 e. The average Bonchev–Trinajstić information content (AvgIpc) is 2.67. The Hall–Kier alpha value is -1.74. The quantitative estimate of drug-likeness (QED) is 0.813. The van der Waals surface area contributed by atoms with Crippen LogP contribution in [0.2, 0.25) is 0 Å². The average molecular weight is 409 g/mol. The highest BCUT2D eigenvalue weighted by Crippen LogP contribution is 2.33. The number of hydrogen-bond donors (Lipinski definition) is 1. The standard InChI is InChI=1S/C19H24N2O4S2/c1-26(22,23)21-13-17(16-7-3-2-4-8-16)11-19(14-21)27(24,25)18-9-5-6-15(10-18)12-20/h2-10,17,19H,11-14,20H2,1H3. The van der Waals surface area contributed by atoms with Crippen LogP contribution in [0.25, 0.3) is 0 Å². The first-order valence-electron chi connectivity index (χ1n) is 8.75. The minimum atomic E-state index is -3.69. The molecule has 0 aliphatic carbocycles. The molecule has 0 spiro atoms.